The summed E-state index contributed by atoms with van der Waals surface area (Å²) in [4.78, 5) is 16.9. The first-order chi connectivity index (χ1) is 9.63. The number of carbonyl (C=O) groups excluding carboxylic acids is 1. The lowest BCUT2D eigenvalue weighted by Crippen LogP contribution is -2.37. The van der Waals surface area contributed by atoms with E-state index in [0.717, 1.165) is 24.2 Å². The van der Waals surface area contributed by atoms with Gasteiger partial charge in [-0.3, -0.25) is 4.79 Å². The van der Waals surface area contributed by atoms with Crippen molar-refractivity contribution in [2.75, 3.05) is 0 Å². The Morgan fingerprint density at radius 1 is 1.35 bits per heavy atom. The zero-order chi connectivity index (χ0) is 14.2. The number of aromatic nitrogens is 2. The number of imidazole rings is 1. The summed E-state index contributed by atoms with van der Waals surface area (Å²) in [6.07, 6.45) is 5.50. The largest absolute Gasteiger partial charge is 0.346 e. The van der Waals surface area contributed by atoms with Crippen molar-refractivity contribution >= 4 is 5.91 Å². The van der Waals surface area contributed by atoms with Crippen LogP contribution in [0.1, 0.15) is 37.2 Å². The highest BCUT2D eigenvalue weighted by atomic mass is 16.2. The Bertz CT molecular complexity index is 614. The average molecular weight is 269 g/mol. The second kappa shape index (κ2) is 4.78. The van der Waals surface area contributed by atoms with E-state index in [4.69, 9.17) is 0 Å². The molecular weight excluding hydrogens is 250 g/mol. The number of benzene rings is 1. The number of carbonyl (C=O) groups is 1. The molecule has 4 heteroatoms. The molecule has 20 heavy (non-hydrogen) atoms. The Hall–Kier alpha value is -2.10. The smallest absolute Gasteiger partial charge is 0.231 e. The van der Waals surface area contributed by atoms with Crippen molar-refractivity contribution in [3.8, 4) is 0 Å². The molecule has 1 atom stereocenters. The van der Waals surface area contributed by atoms with Crippen LogP contribution in [0.4, 0.5) is 0 Å². The highest BCUT2D eigenvalue weighted by Gasteiger charge is 2.51. The van der Waals surface area contributed by atoms with Crippen LogP contribution in [0.25, 0.3) is 0 Å². The minimum atomic E-state index is -0.319. The van der Waals surface area contributed by atoms with Crippen molar-refractivity contribution in [1.82, 2.24) is 14.9 Å². The van der Waals surface area contributed by atoms with Crippen LogP contribution in [-0.4, -0.2) is 15.5 Å². The summed E-state index contributed by atoms with van der Waals surface area (Å²) < 4.78 is 1.94. The lowest BCUT2D eigenvalue weighted by atomic mass is 9.95. The van der Waals surface area contributed by atoms with Gasteiger partial charge in [-0.25, -0.2) is 4.98 Å². The average Bonchev–Trinajstić information content (AvgIpc) is 3.16. The maximum Gasteiger partial charge on any atom is 0.231 e. The molecule has 0 aliphatic heterocycles. The number of hydrogen-bond donors (Lipinski definition) is 1. The van der Waals surface area contributed by atoms with Crippen LogP contribution < -0.4 is 5.32 Å². The van der Waals surface area contributed by atoms with Gasteiger partial charge in [0, 0.05) is 19.4 Å². The molecule has 0 bridgehead atoms. The summed E-state index contributed by atoms with van der Waals surface area (Å²) in [5.74, 6) is 0.987. The SMILES string of the molecule is CC(NC(=O)C1(c2ccccc2)CC1)c1nccn1C. The molecule has 0 spiro atoms. The molecule has 1 unspecified atom stereocenters. The van der Waals surface area contributed by atoms with Gasteiger partial charge in [0.15, 0.2) is 0 Å². The second-order valence-electron chi connectivity index (χ2n) is 5.54. The number of nitrogens with one attached hydrogen (secondary N) is 1. The Morgan fingerprint density at radius 2 is 2.05 bits per heavy atom. The fourth-order valence-corrected chi connectivity index (χ4v) is 2.72. The summed E-state index contributed by atoms with van der Waals surface area (Å²) in [6.45, 7) is 1.97. The van der Waals surface area contributed by atoms with Crippen LogP contribution >= 0.6 is 0 Å². The monoisotopic (exact) mass is 269 g/mol. The molecule has 4 nitrogen and oxygen atoms in total. The van der Waals surface area contributed by atoms with Crippen LogP contribution in [-0.2, 0) is 17.3 Å². The van der Waals surface area contributed by atoms with Crippen LogP contribution in [0, 0.1) is 0 Å². The van der Waals surface area contributed by atoms with E-state index in [2.05, 4.69) is 10.3 Å². The Kier molecular flexibility index (Phi) is 3.08. The first kappa shape index (κ1) is 12.9. The van der Waals surface area contributed by atoms with E-state index in [-0.39, 0.29) is 17.4 Å². The van der Waals surface area contributed by atoms with Crippen molar-refractivity contribution in [3.05, 3.63) is 54.1 Å². The van der Waals surface area contributed by atoms with Gasteiger partial charge in [0.1, 0.15) is 5.82 Å². The first-order valence-corrected chi connectivity index (χ1v) is 6.97. The molecule has 1 heterocycles. The number of amides is 1. The van der Waals surface area contributed by atoms with Crippen molar-refractivity contribution < 1.29 is 4.79 Å². The topological polar surface area (TPSA) is 46.9 Å². The van der Waals surface area contributed by atoms with Gasteiger partial charge >= 0.3 is 0 Å². The van der Waals surface area contributed by atoms with E-state index in [1.54, 1.807) is 6.20 Å². The van der Waals surface area contributed by atoms with Crippen molar-refractivity contribution in [3.63, 3.8) is 0 Å². The third-order valence-electron chi connectivity index (χ3n) is 4.10. The molecule has 104 valence electrons. The van der Waals surface area contributed by atoms with E-state index in [1.807, 2.05) is 55.1 Å². The minimum absolute atomic E-state index is 0.0799. The summed E-state index contributed by atoms with van der Waals surface area (Å²) in [5, 5.41) is 3.10. The fraction of sp³-hybridized carbons (Fsp3) is 0.375. The Balaban J connectivity index is 1.76. The molecule has 0 saturated heterocycles. The highest BCUT2D eigenvalue weighted by molar-refractivity contribution is 5.91. The molecule has 1 aromatic heterocycles. The van der Waals surface area contributed by atoms with Crippen LogP contribution in [0.5, 0.6) is 0 Å². The van der Waals surface area contributed by atoms with Crippen LogP contribution in [0.2, 0.25) is 0 Å². The van der Waals surface area contributed by atoms with Crippen molar-refractivity contribution in [1.29, 1.82) is 0 Å². The lowest BCUT2D eigenvalue weighted by Gasteiger charge is -2.20. The Morgan fingerprint density at radius 3 is 2.60 bits per heavy atom. The molecule has 1 fully saturated rings. The predicted molar refractivity (Wildman–Crippen MR) is 77.1 cm³/mol. The van der Waals surface area contributed by atoms with Crippen molar-refractivity contribution in [2.45, 2.75) is 31.2 Å². The maximum atomic E-state index is 12.6. The zero-order valence-electron chi connectivity index (χ0n) is 11.8. The standard InChI is InChI=1S/C16H19N3O/c1-12(14-17-10-11-19(14)2)18-15(20)16(8-9-16)13-6-4-3-5-7-13/h3-7,10-12H,8-9H2,1-2H3,(H,18,20). The summed E-state index contributed by atoms with van der Waals surface area (Å²) >= 11 is 0. The summed E-state index contributed by atoms with van der Waals surface area (Å²) in [7, 11) is 1.94. The molecule has 0 radical (unpaired) electrons. The quantitative estimate of drug-likeness (QED) is 0.926. The number of hydrogen-bond acceptors (Lipinski definition) is 2. The number of aryl methyl sites for hydroxylation is 1. The van der Waals surface area contributed by atoms with E-state index < -0.39 is 0 Å². The van der Waals surface area contributed by atoms with Gasteiger partial charge in [-0.1, -0.05) is 30.3 Å². The number of nitrogens with zero attached hydrogens (tertiary/aromatic N) is 2. The molecule has 2 aromatic rings. The third kappa shape index (κ3) is 2.11. The molecule has 1 amide bonds. The first-order valence-electron chi connectivity index (χ1n) is 6.97. The number of rotatable bonds is 4. The zero-order valence-corrected chi connectivity index (χ0v) is 11.8. The molecule has 1 aliphatic carbocycles. The predicted octanol–water partition coefficient (Wildman–Crippen LogP) is 2.33. The molecule has 1 aliphatic rings. The normalized spacial score (nSPS) is 17.5. The van der Waals surface area contributed by atoms with Gasteiger partial charge in [-0.15, -0.1) is 0 Å². The van der Waals surface area contributed by atoms with E-state index in [9.17, 15) is 4.79 Å². The minimum Gasteiger partial charge on any atom is -0.346 e. The van der Waals surface area contributed by atoms with E-state index in [0.29, 0.717) is 0 Å². The summed E-state index contributed by atoms with van der Waals surface area (Å²) in [5.41, 5.74) is 0.797. The molecule has 1 saturated carbocycles. The second-order valence-corrected chi connectivity index (χ2v) is 5.54. The Labute approximate surface area is 118 Å². The lowest BCUT2D eigenvalue weighted by molar-refractivity contribution is -0.124. The van der Waals surface area contributed by atoms with Gasteiger partial charge in [0.2, 0.25) is 5.91 Å². The molecule has 1 aromatic carbocycles. The van der Waals surface area contributed by atoms with Gasteiger partial charge in [-0.2, -0.15) is 0 Å². The van der Waals surface area contributed by atoms with Crippen LogP contribution in [0.15, 0.2) is 42.7 Å². The van der Waals surface area contributed by atoms with E-state index in [1.165, 1.54) is 0 Å². The van der Waals surface area contributed by atoms with E-state index >= 15 is 0 Å². The third-order valence-corrected chi connectivity index (χ3v) is 4.10. The van der Waals surface area contributed by atoms with Gasteiger partial charge in [0.05, 0.1) is 11.5 Å². The fourth-order valence-electron chi connectivity index (χ4n) is 2.72. The maximum absolute atomic E-state index is 12.6. The van der Waals surface area contributed by atoms with Crippen molar-refractivity contribution in [2.24, 2.45) is 7.05 Å². The highest BCUT2D eigenvalue weighted by Crippen LogP contribution is 2.48. The van der Waals surface area contributed by atoms with Crippen LogP contribution in [0.3, 0.4) is 0 Å². The molecular formula is C16H19N3O. The van der Waals surface area contributed by atoms with Gasteiger partial charge in [0.25, 0.3) is 0 Å². The summed E-state index contributed by atoms with van der Waals surface area (Å²) in [6, 6.07) is 9.96. The van der Waals surface area contributed by atoms with Gasteiger partial charge < -0.3 is 9.88 Å². The molecule has 3 rings (SSSR count). The molecule has 1 N–H and O–H groups in total. The van der Waals surface area contributed by atoms with Gasteiger partial charge in [-0.05, 0) is 25.3 Å².